The fourth-order valence-electron chi connectivity index (χ4n) is 3.98. The molecule has 4 nitrogen and oxygen atoms in total. The van der Waals surface area contributed by atoms with E-state index in [-0.39, 0.29) is 12.1 Å². The molecule has 3 N–H and O–H groups in total. The van der Waals surface area contributed by atoms with Gasteiger partial charge in [-0.1, -0.05) is 18.2 Å². The van der Waals surface area contributed by atoms with Gasteiger partial charge in [0.1, 0.15) is 0 Å². The summed E-state index contributed by atoms with van der Waals surface area (Å²) in [7, 11) is 0. The maximum atomic E-state index is 13.0. The molecule has 0 aromatic heterocycles. The number of rotatable bonds is 4. The van der Waals surface area contributed by atoms with Gasteiger partial charge in [0.05, 0.1) is 26.2 Å². The molecule has 0 radical (unpaired) electrons. The lowest BCUT2D eigenvalue weighted by Crippen LogP contribution is -3.37. The molecule has 0 bridgehead atoms. The number of hydrogen-bond acceptors (Lipinski definition) is 1. The number of carbonyl (C=O) groups is 1. The van der Waals surface area contributed by atoms with Crippen molar-refractivity contribution in [3.05, 3.63) is 30.3 Å². The number of nitrogens with one attached hydrogen (secondary N) is 3. The summed E-state index contributed by atoms with van der Waals surface area (Å²) in [4.78, 5) is 16.0. The second-order valence-electron chi connectivity index (χ2n) is 6.73. The first kappa shape index (κ1) is 15.5. The minimum atomic E-state index is 0.0702. The molecule has 0 aliphatic carbocycles. The Balaban J connectivity index is 1.72. The van der Waals surface area contributed by atoms with Gasteiger partial charge in [0.2, 0.25) is 0 Å². The maximum absolute atomic E-state index is 13.0. The molecule has 0 saturated carbocycles. The van der Waals surface area contributed by atoms with Gasteiger partial charge in [-0.15, -0.1) is 0 Å². The highest BCUT2D eigenvalue weighted by Crippen LogP contribution is 2.05. The van der Waals surface area contributed by atoms with Crippen molar-refractivity contribution in [2.24, 2.45) is 0 Å². The first-order chi connectivity index (χ1) is 10.8. The van der Waals surface area contributed by atoms with Crippen LogP contribution in [0.15, 0.2) is 30.3 Å². The number of likely N-dealkylation sites (tertiary alicyclic amines) is 2. The van der Waals surface area contributed by atoms with E-state index < -0.39 is 0 Å². The third-order valence-electron chi connectivity index (χ3n) is 5.11. The van der Waals surface area contributed by atoms with Crippen LogP contribution in [-0.4, -0.2) is 38.3 Å². The van der Waals surface area contributed by atoms with Crippen molar-refractivity contribution < 1.29 is 14.6 Å². The predicted molar refractivity (Wildman–Crippen MR) is 88.0 cm³/mol. The number of benzene rings is 1. The lowest BCUT2D eigenvalue weighted by Gasteiger charge is -2.36. The molecule has 2 aliphatic heterocycles. The normalized spacial score (nSPS) is 21.0. The molecule has 0 unspecified atom stereocenters. The molecule has 1 aromatic rings. The zero-order valence-corrected chi connectivity index (χ0v) is 13.4. The highest BCUT2D eigenvalue weighted by molar-refractivity contribution is 5.92. The van der Waals surface area contributed by atoms with Crippen LogP contribution < -0.4 is 15.1 Å². The number of carbonyl (C=O) groups excluding carboxylic acids is 1. The molecule has 1 aromatic carbocycles. The van der Waals surface area contributed by atoms with Gasteiger partial charge in [0.15, 0.2) is 0 Å². The van der Waals surface area contributed by atoms with E-state index in [2.05, 4.69) is 5.32 Å². The lowest BCUT2D eigenvalue weighted by molar-refractivity contribution is -1.11. The van der Waals surface area contributed by atoms with E-state index in [0.717, 1.165) is 31.9 Å². The van der Waals surface area contributed by atoms with E-state index in [4.69, 9.17) is 0 Å². The van der Waals surface area contributed by atoms with Gasteiger partial charge in [-0.2, -0.15) is 0 Å². The number of hydrogen-bond donors (Lipinski definition) is 3. The molecule has 120 valence electrons. The minimum absolute atomic E-state index is 0.0702. The van der Waals surface area contributed by atoms with Crippen LogP contribution in [0.3, 0.4) is 0 Å². The molecular formula is C18H29N3O+2. The van der Waals surface area contributed by atoms with Crippen molar-refractivity contribution in [3.8, 4) is 0 Å². The molecule has 2 fully saturated rings. The van der Waals surface area contributed by atoms with Crippen molar-refractivity contribution in [1.82, 2.24) is 0 Å². The Hall–Kier alpha value is -1.39. The summed E-state index contributed by atoms with van der Waals surface area (Å²) in [5, 5.41) is 3.16. The average molecular weight is 303 g/mol. The quantitative estimate of drug-likeness (QED) is 0.725. The number of piperidine rings is 2. The summed E-state index contributed by atoms with van der Waals surface area (Å²) in [6.45, 7) is 4.60. The van der Waals surface area contributed by atoms with Crippen LogP contribution in [0.25, 0.3) is 0 Å². The van der Waals surface area contributed by atoms with Gasteiger partial charge in [-0.05, 0) is 50.7 Å². The van der Waals surface area contributed by atoms with E-state index in [1.807, 2.05) is 30.3 Å². The Morgan fingerprint density at radius 3 is 1.82 bits per heavy atom. The summed E-state index contributed by atoms with van der Waals surface area (Å²) in [5.41, 5.74) is 0.922. The Morgan fingerprint density at radius 2 is 1.32 bits per heavy atom. The highest BCUT2D eigenvalue weighted by atomic mass is 16.2. The van der Waals surface area contributed by atoms with Crippen LogP contribution in [0.4, 0.5) is 5.69 Å². The molecule has 0 spiro atoms. The van der Waals surface area contributed by atoms with E-state index >= 15 is 0 Å². The van der Waals surface area contributed by atoms with E-state index in [1.165, 1.54) is 48.3 Å². The van der Waals surface area contributed by atoms with Gasteiger partial charge in [-0.3, -0.25) is 14.6 Å². The van der Waals surface area contributed by atoms with Crippen molar-refractivity contribution in [2.75, 3.05) is 31.5 Å². The van der Waals surface area contributed by atoms with Gasteiger partial charge >= 0.3 is 5.91 Å². The summed E-state index contributed by atoms with van der Waals surface area (Å²) < 4.78 is 0. The molecule has 22 heavy (non-hydrogen) atoms. The zero-order valence-electron chi connectivity index (χ0n) is 13.4. The average Bonchev–Trinajstić information content (AvgIpc) is 2.58. The van der Waals surface area contributed by atoms with Crippen LogP contribution in [0.5, 0.6) is 0 Å². The monoisotopic (exact) mass is 303 g/mol. The molecule has 3 rings (SSSR count). The van der Waals surface area contributed by atoms with Crippen LogP contribution in [0.1, 0.15) is 38.5 Å². The maximum Gasteiger partial charge on any atom is 0.342 e. The number of quaternary nitrogens is 2. The molecule has 2 saturated heterocycles. The summed E-state index contributed by atoms with van der Waals surface area (Å²) in [5.74, 6) is 0.208. The highest BCUT2D eigenvalue weighted by Gasteiger charge is 2.40. The largest absolute Gasteiger partial charge is 0.342 e. The Bertz CT molecular complexity index is 446. The van der Waals surface area contributed by atoms with Gasteiger partial charge in [0, 0.05) is 5.69 Å². The molecule has 0 atom stereocenters. The Kier molecular flexibility index (Phi) is 5.46. The number of amides is 1. The van der Waals surface area contributed by atoms with E-state index in [0.29, 0.717) is 0 Å². The SMILES string of the molecule is O=C(Nc1ccccc1)C([NH+]1CCCCC1)[NH+]1CCCCC1. The smallest absolute Gasteiger partial charge is 0.315 e. The van der Waals surface area contributed by atoms with Crippen molar-refractivity contribution in [2.45, 2.75) is 44.7 Å². The molecular weight excluding hydrogens is 274 g/mol. The third kappa shape index (κ3) is 3.87. The van der Waals surface area contributed by atoms with Crippen molar-refractivity contribution >= 4 is 11.6 Å². The summed E-state index contributed by atoms with van der Waals surface area (Å²) >= 11 is 0. The second kappa shape index (κ2) is 7.75. The van der Waals surface area contributed by atoms with Crippen LogP contribution in [0.2, 0.25) is 0 Å². The number of para-hydroxylation sites is 1. The molecule has 4 heteroatoms. The number of anilines is 1. The van der Waals surface area contributed by atoms with Crippen LogP contribution in [0, 0.1) is 0 Å². The lowest BCUT2D eigenvalue weighted by atomic mass is 10.1. The topological polar surface area (TPSA) is 38.0 Å². The Morgan fingerprint density at radius 1 is 0.818 bits per heavy atom. The summed E-state index contributed by atoms with van der Waals surface area (Å²) in [6.07, 6.45) is 7.77. The van der Waals surface area contributed by atoms with Crippen LogP contribution in [-0.2, 0) is 4.79 Å². The first-order valence-electron chi connectivity index (χ1n) is 8.90. The van der Waals surface area contributed by atoms with Gasteiger partial charge in [0.25, 0.3) is 6.17 Å². The van der Waals surface area contributed by atoms with E-state index in [9.17, 15) is 4.79 Å². The van der Waals surface area contributed by atoms with Gasteiger partial charge < -0.3 is 5.32 Å². The second-order valence-corrected chi connectivity index (χ2v) is 6.73. The van der Waals surface area contributed by atoms with Crippen molar-refractivity contribution in [1.29, 1.82) is 0 Å². The molecule has 2 heterocycles. The Labute approximate surface area is 133 Å². The zero-order chi connectivity index (χ0) is 15.2. The van der Waals surface area contributed by atoms with E-state index in [1.54, 1.807) is 0 Å². The van der Waals surface area contributed by atoms with Crippen molar-refractivity contribution in [3.63, 3.8) is 0 Å². The third-order valence-corrected chi connectivity index (χ3v) is 5.11. The summed E-state index contributed by atoms with van der Waals surface area (Å²) in [6, 6.07) is 9.90. The minimum Gasteiger partial charge on any atom is -0.315 e. The van der Waals surface area contributed by atoms with Gasteiger partial charge in [-0.25, -0.2) is 0 Å². The standard InChI is InChI=1S/C18H27N3O/c22-17(19-16-10-4-1-5-11-16)18(20-12-6-2-7-13-20)21-14-8-3-9-15-21/h1,4-5,10-11,18H,2-3,6-9,12-15H2,(H,19,22)/p+2. The molecule has 2 aliphatic rings. The van der Waals surface area contributed by atoms with Crippen LogP contribution >= 0.6 is 0 Å². The molecule has 1 amide bonds. The fraction of sp³-hybridized carbons (Fsp3) is 0.611. The fourth-order valence-corrected chi connectivity index (χ4v) is 3.98. The predicted octanol–water partition coefficient (Wildman–Crippen LogP) is 0.0888. The first-order valence-corrected chi connectivity index (χ1v) is 8.90.